The Hall–Kier alpha value is -0.740. The second-order valence-electron chi connectivity index (χ2n) is 3.66. The number of nitrogens with zero attached hydrogens (tertiary/aromatic N) is 1. The minimum atomic E-state index is -0.637. The first-order valence-corrected chi connectivity index (χ1v) is 7.08. The molecule has 0 aliphatic rings. The van der Waals surface area contributed by atoms with E-state index in [0.717, 1.165) is 5.03 Å². The summed E-state index contributed by atoms with van der Waals surface area (Å²) >= 11 is 13.3. The maximum Gasteiger partial charge on any atom is 0.0960 e. The summed E-state index contributed by atoms with van der Waals surface area (Å²) in [7, 11) is 0. The number of aliphatic hydroxyl groups is 1. The van der Waals surface area contributed by atoms with Gasteiger partial charge < -0.3 is 5.11 Å². The predicted octanol–water partition coefficient (Wildman–Crippen LogP) is 4.21. The van der Waals surface area contributed by atoms with Crippen molar-refractivity contribution in [3.63, 3.8) is 0 Å². The van der Waals surface area contributed by atoms with E-state index in [1.54, 1.807) is 24.4 Å². The van der Waals surface area contributed by atoms with E-state index in [0.29, 0.717) is 21.4 Å². The molecule has 94 valence electrons. The van der Waals surface area contributed by atoms with Crippen LogP contribution in [0.15, 0.2) is 47.6 Å². The lowest BCUT2D eigenvalue weighted by Crippen LogP contribution is -2.01. The van der Waals surface area contributed by atoms with Gasteiger partial charge in [-0.3, -0.25) is 0 Å². The average Bonchev–Trinajstić information content (AvgIpc) is 2.37. The van der Waals surface area contributed by atoms with Gasteiger partial charge in [-0.1, -0.05) is 35.3 Å². The first-order valence-electron chi connectivity index (χ1n) is 5.33. The van der Waals surface area contributed by atoms with E-state index in [9.17, 15) is 5.11 Å². The zero-order chi connectivity index (χ0) is 13.0. The minimum absolute atomic E-state index is 0.483. The predicted molar refractivity (Wildman–Crippen MR) is 76.4 cm³/mol. The summed E-state index contributed by atoms with van der Waals surface area (Å²) in [6, 6.07) is 10.8. The fourth-order valence-corrected chi connectivity index (χ4v) is 2.81. The van der Waals surface area contributed by atoms with E-state index in [2.05, 4.69) is 4.98 Å². The molecule has 1 N–H and O–H groups in total. The van der Waals surface area contributed by atoms with Gasteiger partial charge in [0.05, 0.1) is 11.1 Å². The van der Waals surface area contributed by atoms with E-state index in [1.807, 2.05) is 18.2 Å². The van der Waals surface area contributed by atoms with Gasteiger partial charge in [0.15, 0.2) is 0 Å². The van der Waals surface area contributed by atoms with Crippen LogP contribution in [0.4, 0.5) is 0 Å². The largest absolute Gasteiger partial charge is 0.387 e. The molecule has 0 aliphatic carbocycles. The van der Waals surface area contributed by atoms with Crippen molar-refractivity contribution in [1.29, 1.82) is 0 Å². The Labute approximate surface area is 120 Å². The summed E-state index contributed by atoms with van der Waals surface area (Å²) in [5.74, 6) is 0.498. The Morgan fingerprint density at radius 2 is 2.06 bits per heavy atom. The van der Waals surface area contributed by atoms with Gasteiger partial charge in [-0.15, -0.1) is 11.8 Å². The summed E-state index contributed by atoms with van der Waals surface area (Å²) in [6.07, 6.45) is 1.09. The van der Waals surface area contributed by atoms with Crippen molar-refractivity contribution >= 4 is 35.0 Å². The average molecular weight is 300 g/mol. The van der Waals surface area contributed by atoms with Gasteiger partial charge in [0, 0.05) is 27.6 Å². The van der Waals surface area contributed by atoms with Crippen LogP contribution in [-0.4, -0.2) is 15.8 Å². The van der Waals surface area contributed by atoms with Crippen molar-refractivity contribution < 1.29 is 5.11 Å². The molecule has 0 spiro atoms. The topological polar surface area (TPSA) is 33.1 Å². The van der Waals surface area contributed by atoms with E-state index < -0.39 is 6.10 Å². The maximum absolute atomic E-state index is 10.1. The number of aliphatic hydroxyl groups excluding tert-OH is 1. The number of rotatable bonds is 4. The van der Waals surface area contributed by atoms with Crippen LogP contribution in [0.1, 0.15) is 11.7 Å². The lowest BCUT2D eigenvalue weighted by atomic mass is 10.1. The number of pyridine rings is 1. The van der Waals surface area contributed by atoms with Crippen molar-refractivity contribution in [1.82, 2.24) is 4.98 Å². The summed E-state index contributed by atoms with van der Waals surface area (Å²) in [4.78, 5) is 4.18. The molecular formula is C13H11Cl2NOS. The normalized spacial score (nSPS) is 12.4. The summed E-state index contributed by atoms with van der Waals surface area (Å²) in [5, 5.41) is 12.0. The second kappa shape index (κ2) is 6.43. The third-order valence-corrected chi connectivity index (χ3v) is 3.93. The highest BCUT2D eigenvalue weighted by Crippen LogP contribution is 2.29. The van der Waals surface area contributed by atoms with Crippen LogP contribution < -0.4 is 0 Å². The van der Waals surface area contributed by atoms with Gasteiger partial charge in [-0.25, -0.2) is 4.98 Å². The van der Waals surface area contributed by atoms with Gasteiger partial charge in [0.1, 0.15) is 0 Å². The summed E-state index contributed by atoms with van der Waals surface area (Å²) in [5.41, 5.74) is 0.685. The first-order chi connectivity index (χ1) is 8.66. The van der Waals surface area contributed by atoms with Crippen LogP contribution in [0.25, 0.3) is 0 Å². The third kappa shape index (κ3) is 3.62. The minimum Gasteiger partial charge on any atom is -0.387 e. The zero-order valence-corrected chi connectivity index (χ0v) is 11.7. The Morgan fingerprint density at radius 1 is 1.22 bits per heavy atom. The fourth-order valence-electron chi connectivity index (χ4n) is 1.46. The SMILES string of the molecule is O[C@H](CSc1ccccn1)c1ccc(Cl)cc1Cl. The molecule has 1 aromatic heterocycles. The quantitative estimate of drug-likeness (QED) is 0.858. The summed E-state index contributed by atoms with van der Waals surface area (Å²) in [6.45, 7) is 0. The molecule has 0 fully saturated rings. The molecule has 1 heterocycles. The molecule has 0 unspecified atom stereocenters. The van der Waals surface area contributed by atoms with Crippen LogP contribution in [-0.2, 0) is 0 Å². The monoisotopic (exact) mass is 299 g/mol. The molecule has 2 aromatic rings. The number of benzene rings is 1. The Morgan fingerprint density at radius 3 is 2.72 bits per heavy atom. The highest BCUT2D eigenvalue weighted by Gasteiger charge is 2.12. The molecule has 18 heavy (non-hydrogen) atoms. The van der Waals surface area contributed by atoms with Crippen molar-refractivity contribution in [2.24, 2.45) is 0 Å². The number of aromatic nitrogens is 1. The molecule has 0 saturated carbocycles. The second-order valence-corrected chi connectivity index (χ2v) is 5.54. The summed E-state index contributed by atoms with van der Waals surface area (Å²) < 4.78 is 0. The maximum atomic E-state index is 10.1. The molecule has 0 bridgehead atoms. The van der Waals surface area contributed by atoms with Gasteiger partial charge >= 0.3 is 0 Å². The highest BCUT2D eigenvalue weighted by atomic mass is 35.5. The number of hydrogen-bond acceptors (Lipinski definition) is 3. The van der Waals surface area contributed by atoms with Gasteiger partial charge in [-0.05, 0) is 24.3 Å². The Balaban J connectivity index is 2.01. The van der Waals surface area contributed by atoms with Crippen LogP contribution in [0.5, 0.6) is 0 Å². The first kappa shape index (κ1) is 13.7. The fraction of sp³-hybridized carbons (Fsp3) is 0.154. The van der Waals surface area contributed by atoms with Gasteiger partial charge in [-0.2, -0.15) is 0 Å². The molecule has 0 amide bonds. The molecule has 2 nitrogen and oxygen atoms in total. The lowest BCUT2D eigenvalue weighted by molar-refractivity contribution is 0.204. The molecule has 1 aromatic carbocycles. The van der Waals surface area contributed by atoms with Crippen molar-refractivity contribution in [2.45, 2.75) is 11.1 Å². The number of thioether (sulfide) groups is 1. The Bertz CT molecular complexity index is 522. The smallest absolute Gasteiger partial charge is 0.0960 e. The molecule has 5 heteroatoms. The van der Waals surface area contributed by atoms with Gasteiger partial charge in [0.25, 0.3) is 0 Å². The molecule has 1 atom stereocenters. The van der Waals surface area contributed by atoms with Gasteiger partial charge in [0.2, 0.25) is 0 Å². The Kier molecular flexibility index (Phi) is 4.89. The van der Waals surface area contributed by atoms with Crippen LogP contribution >= 0.6 is 35.0 Å². The van der Waals surface area contributed by atoms with Crippen molar-refractivity contribution in [2.75, 3.05) is 5.75 Å². The number of hydrogen-bond donors (Lipinski definition) is 1. The lowest BCUT2D eigenvalue weighted by Gasteiger charge is -2.12. The zero-order valence-electron chi connectivity index (χ0n) is 9.38. The van der Waals surface area contributed by atoms with E-state index in [1.165, 1.54) is 11.8 Å². The third-order valence-electron chi connectivity index (χ3n) is 2.35. The van der Waals surface area contributed by atoms with Crippen LogP contribution in [0.2, 0.25) is 10.0 Å². The van der Waals surface area contributed by atoms with Crippen molar-refractivity contribution in [3.8, 4) is 0 Å². The van der Waals surface area contributed by atoms with E-state index >= 15 is 0 Å². The molecule has 0 saturated heterocycles. The van der Waals surface area contributed by atoms with Crippen LogP contribution in [0.3, 0.4) is 0 Å². The van der Waals surface area contributed by atoms with Crippen LogP contribution in [0, 0.1) is 0 Å². The molecule has 2 rings (SSSR count). The molecule has 0 radical (unpaired) electrons. The number of halogens is 2. The molecular weight excluding hydrogens is 289 g/mol. The standard InChI is InChI=1S/C13H11Cl2NOS/c14-9-4-5-10(11(15)7-9)12(17)8-18-13-3-1-2-6-16-13/h1-7,12,17H,8H2/t12-/m1/s1. The molecule has 0 aliphatic heterocycles. The highest BCUT2D eigenvalue weighted by molar-refractivity contribution is 7.99. The van der Waals surface area contributed by atoms with Crippen molar-refractivity contribution in [3.05, 3.63) is 58.2 Å². The van der Waals surface area contributed by atoms with E-state index in [-0.39, 0.29) is 0 Å². The van der Waals surface area contributed by atoms with E-state index in [4.69, 9.17) is 23.2 Å².